The van der Waals surface area contributed by atoms with Crippen molar-refractivity contribution in [2.75, 3.05) is 30.6 Å². The Kier molecular flexibility index (Phi) is 7.86. The first-order valence-corrected chi connectivity index (χ1v) is 12.0. The molecule has 184 valence electrons. The van der Waals surface area contributed by atoms with Gasteiger partial charge in [-0.25, -0.2) is 0 Å². The van der Waals surface area contributed by atoms with Gasteiger partial charge in [-0.3, -0.25) is 9.59 Å². The van der Waals surface area contributed by atoms with E-state index in [-0.39, 0.29) is 17.6 Å². The van der Waals surface area contributed by atoms with E-state index >= 15 is 0 Å². The van der Waals surface area contributed by atoms with Crippen LogP contribution in [0.3, 0.4) is 0 Å². The number of anilines is 2. The molecular weight excluding hydrogens is 478 g/mol. The van der Waals surface area contributed by atoms with E-state index in [0.717, 1.165) is 5.56 Å². The summed E-state index contributed by atoms with van der Waals surface area (Å²) >= 11 is 1.28. The van der Waals surface area contributed by atoms with Gasteiger partial charge in [0.25, 0.3) is 5.91 Å². The summed E-state index contributed by atoms with van der Waals surface area (Å²) in [5.74, 6) is 1.76. The normalized spacial score (nSPS) is 10.5. The number of carbonyl (C=O) groups is 2. The average Bonchev–Trinajstić information content (AvgIpc) is 3.28. The number of hydrogen-bond donors (Lipinski definition) is 2. The average molecular weight is 504 g/mol. The number of thioether (sulfide) groups is 1. The van der Waals surface area contributed by atoms with Crippen molar-refractivity contribution in [1.82, 2.24) is 14.8 Å². The van der Waals surface area contributed by atoms with Gasteiger partial charge in [-0.15, -0.1) is 10.2 Å². The molecule has 0 aliphatic carbocycles. The molecular formula is C26H25N5O4S. The van der Waals surface area contributed by atoms with Crippen molar-refractivity contribution < 1.29 is 19.1 Å². The van der Waals surface area contributed by atoms with Crippen LogP contribution in [0.5, 0.6) is 11.5 Å². The number of nitrogens with zero attached hydrogens (tertiary/aromatic N) is 3. The summed E-state index contributed by atoms with van der Waals surface area (Å²) in [4.78, 5) is 25.0. The molecule has 3 aromatic carbocycles. The molecule has 9 nitrogen and oxygen atoms in total. The summed E-state index contributed by atoms with van der Waals surface area (Å²) in [5, 5.41) is 14.7. The number of carbonyl (C=O) groups excluding carboxylic acids is 2. The van der Waals surface area contributed by atoms with Gasteiger partial charge in [-0.2, -0.15) is 0 Å². The maximum atomic E-state index is 12.5. The van der Waals surface area contributed by atoms with Crippen LogP contribution in [-0.4, -0.2) is 46.6 Å². The Morgan fingerprint density at radius 3 is 2.22 bits per heavy atom. The largest absolute Gasteiger partial charge is 0.497 e. The quantitative estimate of drug-likeness (QED) is 0.324. The number of aromatic nitrogens is 3. The molecule has 0 spiro atoms. The minimum absolute atomic E-state index is 0.150. The maximum absolute atomic E-state index is 12.5. The number of benzene rings is 3. The van der Waals surface area contributed by atoms with Crippen molar-refractivity contribution in [3.63, 3.8) is 0 Å². The van der Waals surface area contributed by atoms with E-state index in [4.69, 9.17) is 9.47 Å². The molecule has 0 fully saturated rings. The minimum atomic E-state index is -0.248. The standard InChI is InChI=1S/C26H25N5O4S/c1-31-24(21-6-4-5-7-22(21)35-3)29-30-26(31)36-16-23(32)27-18-10-8-17(9-11-18)25(33)28-19-12-14-20(34-2)15-13-19/h4-15H,16H2,1-3H3,(H,27,32)(H,28,33). The van der Waals surface area contributed by atoms with E-state index in [1.807, 2.05) is 35.9 Å². The van der Waals surface area contributed by atoms with Crippen LogP contribution in [0.1, 0.15) is 10.4 Å². The van der Waals surface area contributed by atoms with Gasteiger partial charge in [0.15, 0.2) is 11.0 Å². The third kappa shape index (κ3) is 5.84. The SMILES string of the molecule is COc1ccc(NC(=O)c2ccc(NC(=O)CSc3nnc(-c4ccccc4OC)n3C)cc2)cc1. The molecule has 4 aromatic rings. The molecule has 0 saturated heterocycles. The van der Waals surface area contributed by atoms with Crippen LogP contribution >= 0.6 is 11.8 Å². The number of amides is 2. The molecule has 2 N–H and O–H groups in total. The van der Waals surface area contributed by atoms with E-state index in [0.29, 0.717) is 39.4 Å². The predicted molar refractivity (Wildman–Crippen MR) is 140 cm³/mol. The van der Waals surface area contributed by atoms with Gasteiger partial charge >= 0.3 is 0 Å². The molecule has 0 saturated carbocycles. The lowest BCUT2D eigenvalue weighted by Crippen LogP contribution is -2.15. The predicted octanol–water partition coefficient (Wildman–Crippen LogP) is 4.48. The number of rotatable bonds is 9. The van der Waals surface area contributed by atoms with Gasteiger partial charge in [-0.05, 0) is 60.7 Å². The highest BCUT2D eigenvalue weighted by atomic mass is 32.2. The van der Waals surface area contributed by atoms with E-state index in [1.165, 1.54) is 11.8 Å². The smallest absolute Gasteiger partial charge is 0.255 e. The van der Waals surface area contributed by atoms with Crippen LogP contribution in [0.2, 0.25) is 0 Å². The molecule has 10 heteroatoms. The Labute approximate surface area is 212 Å². The summed E-state index contributed by atoms with van der Waals surface area (Å²) in [7, 11) is 5.04. The summed E-state index contributed by atoms with van der Waals surface area (Å²) in [6, 6.07) is 21.3. The number of hydrogen-bond acceptors (Lipinski definition) is 7. The molecule has 1 aromatic heterocycles. The monoisotopic (exact) mass is 503 g/mol. The lowest BCUT2D eigenvalue weighted by atomic mass is 10.2. The number of methoxy groups -OCH3 is 2. The van der Waals surface area contributed by atoms with Crippen molar-refractivity contribution in [3.05, 3.63) is 78.4 Å². The molecule has 0 atom stereocenters. The summed E-state index contributed by atoms with van der Waals surface area (Å²) in [6.07, 6.45) is 0. The van der Waals surface area contributed by atoms with Gasteiger partial charge in [-0.1, -0.05) is 23.9 Å². The molecule has 0 radical (unpaired) electrons. The third-order valence-corrected chi connectivity index (χ3v) is 6.31. The van der Waals surface area contributed by atoms with Crippen molar-refractivity contribution in [2.45, 2.75) is 5.16 Å². The van der Waals surface area contributed by atoms with Gasteiger partial charge in [0.1, 0.15) is 11.5 Å². The number of nitrogens with one attached hydrogen (secondary N) is 2. The highest BCUT2D eigenvalue weighted by Gasteiger charge is 2.16. The Morgan fingerprint density at radius 2 is 1.53 bits per heavy atom. The summed E-state index contributed by atoms with van der Waals surface area (Å²) in [6.45, 7) is 0. The molecule has 0 aliphatic heterocycles. The fourth-order valence-corrected chi connectivity index (χ4v) is 4.13. The second-order valence-corrected chi connectivity index (χ2v) is 8.60. The van der Waals surface area contributed by atoms with Crippen molar-refractivity contribution in [3.8, 4) is 22.9 Å². The van der Waals surface area contributed by atoms with E-state index in [2.05, 4.69) is 20.8 Å². The zero-order valence-electron chi connectivity index (χ0n) is 20.0. The van der Waals surface area contributed by atoms with Gasteiger partial charge in [0.2, 0.25) is 5.91 Å². The van der Waals surface area contributed by atoms with Gasteiger partial charge in [0.05, 0.1) is 25.5 Å². The molecule has 36 heavy (non-hydrogen) atoms. The van der Waals surface area contributed by atoms with Crippen molar-refractivity contribution in [2.24, 2.45) is 7.05 Å². The number of para-hydroxylation sites is 1. The maximum Gasteiger partial charge on any atom is 0.255 e. The second kappa shape index (κ2) is 11.4. The Hall–Kier alpha value is -4.31. The van der Waals surface area contributed by atoms with Crippen LogP contribution in [0.4, 0.5) is 11.4 Å². The lowest BCUT2D eigenvalue weighted by Gasteiger charge is -2.09. The summed E-state index contributed by atoms with van der Waals surface area (Å²) in [5.41, 5.74) is 2.55. The zero-order valence-corrected chi connectivity index (χ0v) is 20.8. The molecule has 2 amide bonds. The Morgan fingerprint density at radius 1 is 0.861 bits per heavy atom. The molecule has 0 unspecified atom stereocenters. The van der Waals surface area contributed by atoms with Crippen LogP contribution < -0.4 is 20.1 Å². The molecule has 0 bridgehead atoms. The topological polar surface area (TPSA) is 107 Å². The van der Waals surface area contributed by atoms with E-state index < -0.39 is 0 Å². The lowest BCUT2D eigenvalue weighted by molar-refractivity contribution is -0.113. The molecule has 0 aliphatic rings. The van der Waals surface area contributed by atoms with Crippen LogP contribution in [0.15, 0.2) is 78.0 Å². The first kappa shape index (κ1) is 24.8. The zero-order chi connectivity index (χ0) is 25.5. The van der Waals surface area contributed by atoms with Crippen molar-refractivity contribution in [1.29, 1.82) is 0 Å². The highest BCUT2D eigenvalue weighted by Crippen LogP contribution is 2.30. The van der Waals surface area contributed by atoms with Crippen LogP contribution in [-0.2, 0) is 11.8 Å². The minimum Gasteiger partial charge on any atom is -0.497 e. The van der Waals surface area contributed by atoms with Crippen molar-refractivity contribution >= 4 is 35.0 Å². The fourth-order valence-electron chi connectivity index (χ4n) is 3.41. The Bertz CT molecular complexity index is 1350. The molecule has 1 heterocycles. The summed E-state index contributed by atoms with van der Waals surface area (Å²) < 4.78 is 12.4. The van der Waals surface area contributed by atoms with E-state index in [1.54, 1.807) is 62.8 Å². The van der Waals surface area contributed by atoms with Gasteiger partial charge < -0.3 is 24.7 Å². The second-order valence-electron chi connectivity index (χ2n) is 7.66. The Balaban J connectivity index is 1.32. The van der Waals surface area contributed by atoms with E-state index in [9.17, 15) is 9.59 Å². The first-order chi connectivity index (χ1) is 17.5. The van der Waals surface area contributed by atoms with Crippen LogP contribution in [0.25, 0.3) is 11.4 Å². The van der Waals surface area contributed by atoms with Gasteiger partial charge in [0, 0.05) is 24.0 Å². The molecule has 4 rings (SSSR count). The number of ether oxygens (including phenoxy) is 2. The van der Waals surface area contributed by atoms with Crippen LogP contribution in [0, 0.1) is 0 Å². The first-order valence-electron chi connectivity index (χ1n) is 11.0. The third-order valence-electron chi connectivity index (χ3n) is 5.29. The highest BCUT2D eigenvalue weighted by molar-refractivity contribution is 7.99. The fraction of sp³-hybridized carbons (Fsp3) is 0.154.